The van der Waals surface area contributed by atoms with Gasteiger partial charge in [-0.1, -0.05) is 19.8 Å². The molecule has 0 fully saturated rings. The van der Waals surface area contributed by atoms with Gasteiger partial charge in [0.1, 0.15) is 0 Å². The molecule has 0 spiro atoms. The number of rotatable bonds is 12. The molecule has 0 saturated heterocycles. The molecule has 0 unspecified atom stereocenters. The van der Waals surface area contributed by atoms with Crippen LogP contribution >= 0.6 is 0 Å². The van der Waals surface area contributed by atoms with E-state index in [1.54, 1.807) is 0 Å². The number of carbonyl (C=O) groups excluding carboxylic acids is 1. The van der Waals surface area contributed by atoms with E-state index < -0.39 is 5.97 Å². The minimum absolute atomic E-state index is 0.0155. The molecule has 19 heavy (non-hydrogen) atoms. The van der Waals surface area contributed by atoms with E-state index in [0.29, 0.717) is 19.7 Å². The smallest absolute Gasteiger partial charge is 0.303 e. The molecule has 0 aliphatic heterocycles. The number of nitrogens with zero attached hydrogens (tertiary/aromatic N) is 1. The SMILES string of the molecule is CCCCON(CCCCCN)C(=O)CCC(=O)O. The predicted molar refractivity (Wildman–Crippen MR) is 72.3 cm³/mol. The fourth-order valence-corrected chi connectivity index (χ4v) is 1.50. The Bertz CT molecular complexity index is 259. The number of carboxylic acid groups (broad SMARTS) is 1. The third-order valence-electron chi connectivity index (χ3n) is 2.64. The molecular weight excluding hydrogens is 248 g/mol. The second-order valence-electron chi connectivity index (χ2n) is 4.43. The number of aliphatic carboxylic acids is 1. The van der Waals surface area contributed by atoms with Crippen LogP contribution in [-0.2, 0) is 14.4 Å². The molecule has 1 amide bonds. The quantitative estimate of drug-likeness (QED) is 0.416. The zero-order valence-corrected chi connectivity index (χ0v) is 11.8. The lowest BCUT2D eigenvalue weighted by Crippen LogP contribution is -2.33. The summed E-state index contributed by atoms with van der Waals surface area (Å²) in [5.41, 5.74) is 5.41. The molecule has 0 aliphatic rings. The molecule has 0 rings (SSSR count). The molecule has 0 heterocycles. The molecule has 0 atom stereocenters. The van der Waals surface area contributed by atoms with E-state index >= 15 is 0 Å². The predicted octanol–water partition coefficient (Wildman–Crippen LogP) is 1.54. The maximum Gasteiger partial charge on any atom is 0.303 e. The van der Waals surface area contributed by atoms with Crippen LogP contribution in [0.1, 0.15) is 51.9 Å². The van der Waals surface area contributed by atoms with Crippen molar-refractivity contribution in [2.75, 3.05) is 19.7 Å². The van der Waals surface area contributed by atoms with Gasteiger partial charge in [0.15, 0.2) is 0 Å². The Balaban J connectivity index is 4.06. The minimum Gasteiger partial charge on any atom is -0.481 e. The first-order chi connectivity index (χ1) is 9.11. The Morgan fingerprint density at radius 1 is 1.16 bits per heavy atom. The fraction of sp³-hybridized carbons (Fsp3) is 0.846. The van der Waals surface area contributed by atoms with E-state index in [2.05, 4.69) is 0 Å². The minimum atomic E-state index is -0.968. The highest BCUT2D eigenvalue weighted by atomic mass is 16.7. The van der Waals surface area contributed by atoms with E-state index in [1.807, 2.05) is 6.92 Å². The van der Waals surface area contributed by atoms with Crippen molar-refractivity contribution in [3.63, 3.8) is 0 Å². The van der Waals surface area contributed by atoms with Gasteiger partial charge in [-0.25, -0.2) is 5.06 Å². The van der Waals surface area contributed by atoms with Crippen molar-refractivity contribution in [3.05, 3.63) is 0 Å². The van der Waals surface area contributed by atoms with Crippen molar-refractivity contribution < 1.29 is 19.5 Å². The second-order valence-corrected chi connectivity index (χ2v) is 4.43. The van der Waals surface area contributed by atoms with E-state index in [4.69, 9.17) is 15.7 Å². The van der Waals surface area contributed by atoms with Crippen molar-refractivity contribution in [3.8, 4) is 0 Å². The van der Waals surface area contributed by atoms with E-state index in [1.165, 1.54) is 5.06 Å². The fourth-order valence-electron chi connectivity index (χ4n) is 1.50. The topological polar surface area (TPSA) is 92.9 Å². The molecule has 0 radical (unpaired) electrons. The Morgan fingerprint density at radius 2 is 1.89 bits per heavy atom. The van der Waals surface area contributed by atoms with Gasteiger partial charge >= 0.3 is 5.97 Å². The summed E-state index contributed by atoms with van der Waals surface area (Å²) < 4.78 is 0. The van der Waals surface area contributed by atoms with Crippen LogP contribution in [0.25, 0.3) is 0 Å². The summed E-state index contributed by atoms with van der Waals surface area (Å²) in [5.74, 6) is -1.23. The third-order valence-corrected chi connectivity index (χ3v) is 2.64. The summed E-state index contributed by atoms with van der Waals surface area (Å²) in [6, 6.07) is 0. The Labute approximate surface area is 114 Å². The van der Waals surface area contributed by atoms with E-state index in [9.17, 15) is 9.59 Å². The van der Waals surface area contributed by atoms with E-state index in [-0.39, 0.29) is 18.7 Å². The lowest BCUT2D eigenvalue weighted by atomic mass is 10.2. The van der Waals surface area contributed by atoms with Gasteiger partial charge in [0.2, 0.25) is 5.91 Å². The van der Waals surface area contributed by atoms with Crippen molar-refractivity contribution in [1.82, 2.24) is 5.06 Å². The summed E-state index contributed by atoms with van der Waals surface area (Å²) in [6.45, 7) is 3.68. The number of carboxylic acids is 1. The standard InChI is InChI=1S/C13H26N2O4/c1-2-3-11-19-15(10-6-4-5-9-14)12(16)7-8-13(17)18/h2-11,14H2,1H3,(H,17,18). The molecule has 0 aromatic rings. The first-order valence-electron chi connectivity index (χ1n) is 6.97. The van der Waals surface area contributed by atoms with Gasteiger partial charge in [-0.2, -0.15) is 0 Å². The maximum absolute atomic E-state index is 11.8. The Kier molecular flexibility index (Phi) is 11.2. The number of amides is 1. The normalized spacial score (nSPS) is 10.4. The molecule has 0 aliphatic carbocycles. The summed E-state index contributed by atoms with van der Waals surface area (Å²) in [7, 11) is 0. The van der Waals surface area contributed by atoms with E-state index in [0.717, 1.165) is 32.1 Å². The molecule has 0 aromatic carbocycles. The number of unbranched alkanes of at least 4 members (excludes halogenated alkanes) is 3. The van der Waals surface area contributed by atoms with Gasteiger partial charge in [-0.3, -0.25) is 14.4 Å². The van der Waals surface area contributed by atoms with Crippen LogP contribution in [0.3, 0.4) is 0 Å². The van der Waals surface area contributed by atoms with Gasteiger partial charge in [-0.15, -0.1) is 0 Å². The number of hydroxylamine groups is 2. The van der Waals surface area contributed by atoms with Gasteiger partial charge in [0, 0.05) is 13.0 Å². The maximum atomic E-state index is 11.8. The highest BCUT2D eigenvalue weighted by Gasteiger charge is 2.15. The molecule has 0 aromatic heterocycles. The summed E-state index contributed by atoms with van der Waals surface area (Å²) >= 11 is 0. The molecule has 0 bridgehead atoms. The molecule has 6 nitrogen and oxygen atoms in total. The van der Waals surface area contributed by atoms with Crippen LogP contribution < -0.4 is 5.73 Å². The summed E-state index contributed by atoms with van der Waals surface area (Å²) in [6.07, 6.45) is 4.38. The van der Waals surface area contributed by atoms with Crippen molar-refractivity contribution in [2.45, 2.75) is 51.9 Å². The molecule has 6 heteroatoms. The lowest BCUT2D eigenvalue weighted by molar-refractivity contribution is -0.188. The van der Waals surface area contributed by atoms with Crippen molar-refractivity contribution in [1.29, 1.82) is 0 Å². The van der Waals surface area contributed by atoms with Crippen molar-refractivity contribution in [2.24, 2.45) is 5.73 Å². The number of nitrogens with two attached hydrogens (primary N) is 1. The van der Waals surface area contributed by atoms with Gasteiger partial charge in [0.25, 0.3) is 0 Å². The first-order valence-corrected chi connectivity index (χ1v) is 6.97. The number of carbonyl (C=O) groups is 2. The van der Waals surface area contributed by atoms with Gasteiger partial charge in [0.05, 0.1) is 13.0 Å². The molecular formula is C13H26N2O4. The second kappa shape index (κ2) is 11.9. The highest BCUT2D eigenvalue weighted by Crippen LogP contribution is 2.05. The van der Waals surface area contributed by atoms with Gasteiger partial charge in [-0.05, 0) is 25.8 Å². The number of hydrogen-bond donors (Lipinski definition) is 2. The van der Waals surface area contributed by atoms with Crippen LogP contribution in [0.5, 0.6) is 0 Å². The summed E-state index contributed by atoms with van der Waals surface area (Å²) in [4.78, 5) is 27.7. The lowest BCUT2D eigenvalue weighted by Gasteiger charge is -2.21. The molecule has 3 N–H and O–H groups in total. The van der Waals surface area contributed by atoms with Crippen LogP contribution in [0.2, 0.25) is 0 Å². The molecule has 112 valence electrons. The number of hydrogen-bond acceptors (Lipinski definition) is 4. The zero-order valence-electron chi connectivity index (χ0n) is 11.8. The van der Waals surface area contributed by atoms with Crippen molar-refractivity contribution >= 4 is 11.9 Å². The van der Waals surface area contributed by atoms with Crippen LogP contribution in [0.4, 0.5) is 0 Å². The van der Waals surface area contributed by atoms with Crippen LogP contribution in [0, 0.1) is 0 Å². The highest BCUT2D eigenvalue weighted by molar-refractivity contribution is 5.79. The third kappa shape index (κ3) is 10.5. The largest absolute Gasteiger partial charge is 0.481 e. The van der Waals surface area contributed by atoms with Gasteiger partial charge < -0.3 is 10.8 Å². The average molecular weight is 274 g/mol. The van der Waals surface area contributed by atoms with Crippen LogP contribution in [-0.4, -0.2) is 41.7 Å². The molecule has 0 saturated carbocycles. The zero-order chi connectivity index (χ0) is 14.5. The summed E-state index contributed by atoms with van der Waals surface area (Å²) in [5, 5.41) is 9.89. The Hall–Kier alpha value is -1.14. The monoisotopic (exact) mass is 274 g/mol. The average Bonchev–Trinajstić information content (AvgIpc) is 2.39. The first kappa shape index (κ1) is 17.9. The Morgan fingerprint density at radius 3 is 2.47 bits per heavy atom. The van der Waals surface area contributed by atoms with Crippen LogP contribution in [0.15, 0.2) is 0 Å².